The van der Waals surface area contributed by atoms with Crippen LogP contribution in [0.1, 0.15) is 22.7 Å². The van der Waals surface area contributed by atoms with Crippen LogP contribution in [0.25, 0.3) is 0 Å². The summed E-state index contributed by atoms with van der Waals surface area (Å²) in [5.74, 6) is 0. The minimum atomic E-state index is -0.568. The van der Waals surface area contributed by atoms with Crippen molar-refractivity contribution in [3.63, 3.8) is 0 Å². The van der Waals surface area contributed by atoms with Crippen molar-refractivity contribution in [3.05, 3.63) is 53.3 Å². The molecule has 0 radical (unpaired) electrons. The third-order valence-corrected chi connectivity index (χ3v) is 3.95. The highest BCUT2D eigenvalue weighted by atomic mass is 16.3. The van der Waals surface area contributed by atoms with Crippen LogP contribution in [0, 0.1) is 0 Å². The summed E-state index contributed by atoms with van der Waals surface area (Å²) in [6.45, 7) is 0.530. The number of nitrogens with one attached hydrogen (secondary N) is 2. The van der Waals surface area contributed by atoms with E-state index in [1.165, 1.54) is 0 Å². The van der Waals surface area contributed by atoms with Crippen LogP contribution < -0.4 is 10.6 Å². The van der Waals surface area contributed by atoms with Gasteiger partial charge in [0.1, 0.15) is 0 Å². The van der Waals surface area contributed by atoms with Gasteiger partial charge in [0.2, 0.25) is 0 Å². The summed E-state index contributed by atoms with van der Waals surface area (Å²) in [5.41, 5.74) is 3.17. The molecule has 1 heterocycles. The van der Waals surface area contributed by atoms with Crippen molar-refractivity contribution in [2.45, 2.75) is 25.0 Å². The molecule has 0 bridgehead atoms. The first-order chi connectivity index (χ1) is 10.6. The van der Waals surface area contributed by atoms with E-state index in [0.29, 0.717) is 13.0 Å². The second-order valence-corrected chi connectivity index (χ2v) is 5.62. The third-order valence-electron chi connectivity index (χ3n) is 3.95. The molecule has 22 heavy (non-hydrogen) atoms. The molecule has 0 fully saturated rings. The van der Waals surface area contributed by atoms with Crippen LogP contribution in [0.5, 0.6) is 0 Å². The summed E-state index contributed by atoms with van der Waals surface area (Å²) in [6.07, 6.45) is 4.45. The average Bonchev–Trinajstić information content (AvgIpc) is 3.03. The first-order valence-corrected chi connectivity index (χ1v) is 7.41. The Kier molecular flexibility index (Phi) is 4.11. The summed E-state index contributed by atoms with van der Waals surface area (Å²) in [6, 6.07) is 7.21. The molecule has 0 saturated carbocycles. The number of carbonyl (C=O) groups excluding carboxylic acids is 1. The van der Waals surface area contributed by atoms with Gasteiger partial charge in [-0.1, -0.05) is 24.3 Å². The SMILES string of the molecule is Cn1cc(CCNC(=O)NC2c3ccccc3CC2O)cn1. The lowest BCUT2D eigenvalue weighted by Crippen LogP contribution is -2.41. The molecule has 1 aromatic carbocycles. The maximum atomic E-state index is 12.0. The van der Waals surface area contributed by atoms with Gasteiger partial charge in [-0.25, -0.2) is 4.79 Å². The van der Waals surface area contributed by atoms with E-state index in [2.05, 4.69) is 15.7 Å². The highest BCUT2D eigenvalue weighted by Crippen LogP contribution is 2.30. The molecule has 2 atom stereocenters. The highest BCUT2D eigenvalue weighted by molar-refractivity contribution is 5.74. The molecule has 6 nitrogen and oxygen atoms in total. The molecule has 2 amide bonds. The minimum absolute atomic E-state index is 0.260. The fourth-order valence-electron chi connectivity index (χ4n) is 2.86. The van der Waals surface area contributed by atoms with Gasteiger partial charge in [0.25, 0.3) is 0 Å². The zero-order valence-electron chi connectivity index (χ0n) is 12.5. The molecule has 1 aromatic heterocycles. The van der Waals surface area contributed by atoms with Crippen LogP contribution in [-0.4, -0.2) is 33.6 Å². The normalized spacial score (nSPS) is 19.7. The second kappa shape index (κ2) is 6.19. The van der Waals surface area contributed by atoms with Crippen molar-refractivity contribution >= 4 is 6.03 Å². The molecule has 1 aliphatic carbocycles. The van der Waals surface area contributed by atoms with Crippen molar-refractivity contribution in [1.82, 2.24) is 20.4 Å². The van der Waals surface area contributed by atoms with Crippen molar-refractivity contribution in [2.24, 2.45) is 7.05 Å². The third kappa shape index (κ3) is 3.12. The molecule has 3 N–H and O–H groups in total. The lowest BCUT2D eigenvalue weighted by Gasteiger charge is -2.18. The average molecular weight is 300 g/mol. The van der Waals surface area contributed by atoms with Crippen LogP contribution in [0.3, 0.4) is 0 Å². The predicted octanol–water partition coefficient (Wildman–Crippen LogP) is 0.920. The lowest BCUT2D eigenvalue weighted by molar-refractivity contribution is 0.142. The number of hydrogen-bond acceptors (Lipinski definition) is 3. The summed E-state index contributed by atoms with van der Waals surface area (Å²) in [7, 11) is 1.86. The monoisotopic (exact) mass is 300 g/mol. The number of fused-ring (bicyclic) bond motifs is 1. The molecule has 2 aromatic rings. The number of amides is 2. The number of urea groups is 1. The maximum absolute atomic E-state index is 12.0. The van der Waals surface area contributed by atoms with Gasteiger partial charge < -0.3 is 15.7 Å². The van der Waals surface area contributed by atoms with Crippen LogP contribution in [0.15, 0.2) is 36.7 Å². The zero-order valence-corrected chi connectivity index (χ0v) is 12.5. The van der Waals surface area contributed by atoms with E-state index in [1.54, 1.807) is 10.9 Å². The van der Waals surface area contributed by atoms with Gasteiger partial charge >= 0.3 is 6.03 Å². The molecule has 0 saturated heterocycles. The van der Waals surface area contributed by atoms with Crippen LogP contribution >= 0.6 is 0 Å². The van der Waals surface area contributed by atoms with E-state index in [4.69, 9.17) is 0 Å². The molecule has 6 heteroatoms. The van der Waals surface area contributed by atoms with E-state index < -0.39 is 6.10 Å². The van der Waals surface area contributed by atoms with Crippen LogP contribution in [0.4, 0.5) is 4.79 Å². The number of hydrogen-bond donors (Lipinski definition) is 3. The Morgan fingerprint density at radius 1 is 1.45 bits per heavy atom. The van der Waals surface area contributed by atoms with Gasteiger partial charge in [-0.15, -0.1) is 0 Å². The number of aliphatic hydroxyl groups excluding tert-OH is 1. The zero-order chi connectivity index (χ0) is 15.5. The number of benzene rings is 1. The van der Waals surface area contributed by atoms with Crippen LogP contribution in [0.2, 0.25) is 0 Å². The minimum Gasteiger partial charge on any atom is -0.390 e. The van der Waals surface area contributed by atoms with Gasteiger partial charge in [0.05, 0.1) is 18.3 Å². The maximum Gasteiger partial charge on any atom is 0.315 e. The van der Waals surface area contributed by atoms with Gasteiger partial charge in [-0.2, -0.15) is 5.10 Å². The fourth-order valence-corrected chi connectivity index (χ4v) is 2.86. The van der Waals surface area contributed by atoms with Crippen molar-refractivity contribution < 1.29 is 9.90 Å². The number of aryl methyl sites for hydroxylation is 1. The predicted molar refractivity (Wildman–Crippen MR) is 82.3 cm³/mol. The van der Waals surface area contributed by atoms with E-state index in [9.17, 15) is 9.90 Å². The molecular formula is C16H20N4O2. The van der Waals surface area contributed by atoms with Crippen molar-refractivity contribution in [1.29, 1.82) is 0 Å². The summed E-state index contributed by atoms with van der Waals surface area (Å²) >= 11 is 0. The van der Waals surface area contributed by atoms with Gasteiger partial charge in [0, 0.05) is 26.2 Å². The quantitative estimate of drug-likeness (QED) is 0.785. The largest absolute Gasteiger partial charge is 0.390 e. The molecule has 2 unspecified atom stereocenters. The Hall–Kier alpha value is -2.34. The summed E-state index contributed by atoms with van der Waals surface area (Å²) in [4.78, 5) is 12.0. The van der Waals surface area contributed by atoms with E-state index in [0.717, 1.165) is 23.1 Å². The Balaban J connectivity index is 1.51. The summed E-state index contributed by atoms with van der Waals surface area (Å²) < 4.78 is 1.74. The van der Waals surface area contributed by atoms with Crippen molar-refractivity contribution in [3.8, 4) is 0 Å². The van der Waals surface area contributed by atoms with Crippen LogP contribution in [-0.2, 0) is 19.9 Å². The van der Waals surface area contributed by atoms with E-state index in [-0.39, 0.29) is 12.1 Å². The van der Waals surface area contributed by atoms with Gasteiger partial charge in [-0.3, -0.25) is 4.68 Å². The fraction of sp³-hybridized carbons (Fsp3) is 0.375. The Morgan fingerprint density at radius 3 is 3.05 bits per heavy atom. The lowest BCUT2D eigenvalue weighted by atomic mass is 10.1. The smallest absolute Gasteiger partial charge is 0.315 e. The van der Waals surface area contributed by atoms with E-state index >= 15 is 0 Å². The molecule has 116 valence electrons. The number of nitrogens with zero attached hydrogens (tertiary/aromatic N) is 2. The first kappa shape index (κ1) is 14.6. The van der Waals surface area contributed by atoms with Gasteiger partial charge in [-0.05, 0) is 23.1 Å². The Bertz CT molecular complexity index is 668. The first-order valence-electron chi connectivity index (χ1n) is 7.41. The Labute approximate surface area is 129 Å². The second-order valence-electron chi connectivity index (χ2n) is 5.62. The van der Waals surface area contributed by atoms with Gasteiger partial charge in [0.15, 0.2) is 0 Å². The number of aromatic nitrogens is 2. The molecule has 1 aliphatic rings. The summed E-state index contributed by atoms with van der Waals surface area (Å²) in [5, 5.41) is 19.9. The molecular weight excluding hydrogens is 280 g/mol. The van der Waals surface area contributed by atoms with Crippen molar-refractivity contribution in [2.75, 3.05) is 6.54 Å². The highest BCUT2D eigenvalue weighted by Gasteiger charge is 2.31. The van der Waals surface area contributed by atoms with E-state index in [1.807, 2.05) is 37.5 Å². The number of aliphatic hydroxyl groups is 1. The topological polar surface area (TPSA) is 79.2 Å². The molecule has 3 rings (SSSR count). The Morgan fingerprint density at radius 2 is 2.27 bits per heavy atom. The molecule has 0 aliphatic heterocycles. The molecule has 0 spiro atoms. The number of carbonyl (C=O) groups is 1. The standard InChI is InChI=1S/C16H20N4O2/c1-20-10-11(9-18-20)6-7-17-16(22)19-15-13-5-3-2-4-12(13)8-14(15)21/h2-5,9-10,14-15,21H,6-8H2,1H3,(H2,17,19,22). The number of rotatable bonds is 4.